The SMILES string of the molecule is C[C@@H]1O[C@@H](OCc2ccccc2)[C@H](O)[C@@H](O)[C@@H]1O. The van der Waals surface area contributed by atoms with Crippen LogP contribution in [0.3, 0.4) is 0 Å². The van der Waals surface area contributed by atoms with Crippen LogP contribution < -0.4 is 0 Å². The summed E-state index contributed by atoms with van der Waals surface area (Å²) < 4.78 is 10.7. The molecule has 100 valence electrons. The van der Waals surface area contributed by atoms with Crippen LogP contribution in [0.25, 0.3) is 0 Å². The minimum Gasteiger partial charge on any atom is -0.388 e. The average molecular weight is 254 g/mol. The van der Waals surface area contributed by atoms with Crippen LogP contribution in [0.2, 0.25) is 0 Å². The molecule has 5 heteroatoms. The molecular weight excluding hydrogens is 236 g/mol. The Morgan fingerprint density at radius 3 is 2.39 bits per heavy atom. The number of aliphatic hydroxyl groups excluding tert-OH is 3. The van der Waals surface area contributed by atoms with Crippen molar-refractivity contribution in [3.8, 4) is 0 Å². The molecule has 0 saturated carbocycles. The molecule has 1 heterocycles. The van der Waals surface area contributed by atoms with Gasteiger partial charge < -0.3 is 24.8 Å². The lowest BCUT2D eigenvalue weighted by molar-refractivity contribution is -0.296. The number of hydrogen-bond acceptors (Lipinski definition) is 5. The van der Waals surface area contributed by atoms with Gasteiger partial charge in [0.2, 0.25) is 0 Å². The molecule has 0 amide bonds. The summed E-state index contributed by atoms with van der Waals surface area (Å²) in [5.41, 5.74) is 0.946. The van der Waals surface area contributed by atoms with Crippen LogP contribution in [0.1, 0.15) is 12.5 Å². The molecule has 1 aliphatic rings. The number of rotatable bonds is 3. The molecule has 1 aliphatic heterocycles. The van der Waals surface area contributed by atoms with Crippen LogP contribution in [0.15, 0.2) is 30.3 Å². The highest BCUT2D eigenvalue weighted by Crippen LogP contribution is 2.22. The molecule has 5 nitrogen and oxygen atoms in total. The molecule has 1 fully saturated rings. The summed E-state index contributed by atoms with van der Waals surface area (Å²) in [6.07, 6.45) is -5.12. The van der Waals surface area contributed by atoms with E-state index in [2.05, 4.69) is 0 Å². The lowest BCUT2D eigenvalue weighted by atomic mass is 10.00. The summed E-state index contributed by atoms with van der Waals surface area (Å²) in [6, 6.07) is 9.46. The quantitative estimate of drug-likeness (QED) is 0.709. The minimum atomic E-state index is -1.26. The molecular formula is C13H18O5. The molecule has 3 N–H and O–H groups in total. The zero-order valence-electron chi connectivity index (χ0n) is 10.1. The predicted molar refractivity (Wildman–Crippen MR) is 63.6 cm³/mol. The molecule has 18 heavy (non-hydrogen) atoms. The summed E-state index contributed by atoms with van der Waals surface area (Å²) in [5, 5.41) is 28.9. The molecule has 2 rings (SSSR count). The first-order valence-corrected chi connectivity index (χ1v) is 5.95. The molecule has 1 saturated heterocycles. The Morgan fingerprint density at radius 2 is 1.72 bits per heavy atom. The molecule has 0 bridgehead atoms. The second kappa shape index (κ2) is 5.77. The van der Waals surface area contributed by atoms with E-state index in [-0.39, 0.29) is 6.61 Å². The van der Waals surface area contributed by atoms with E-state index in [1.54, 1.807) is 6.92 Å². The highest BCUT2D eigenvalue weighted by molar-refractivity contribution is 5.13. The summed E-state index contributed by atoms with van der Waals surface area (Å²) in [4.78, 5) is 0. The van der Waals surface area contributed by atoms with Crippen molar-refractivity contribution in [3.63, 3.8) is 0 Å². The van der Waals surface area contributed by atoms with Crippen LogP contribution in [0.4, 0.5) is 0 Å². The zero-order chi connectivity index (χ0) is 13.1. The Balaban J connectivity index is 1.93. The van der Waals surface area contributed by atoms with Crippen molar-refractivity contribution in [2.24, 2.45) is 0 Å². The fraction of sp³-hybridized carbons (Fsp3) is 0.538. The van der Waals surface area contributed by atoms with Gasteiger partial charge in [-0.3, -0.25) is 0 Å². The first-order valence-electron chi connectivity index (χ1n) is 5.95. The van der Waals surface area contributed by atoms with Crippen LogP contribution >= 0.6 is 0 Å². The van der Waals surface area contributed by atoms with Gasteiger partial charge >= 0.3 is 0 Å². The van der Waals surface area contributed by atoms with Gasteiger partial charge in [0, 0.05) is 0 Å². The summed E-state index contributed by atoms with van der Waals surface area (Å²) in [7, 11) is 0. The van der Waals surface area contributed by atoms with Crippen molar-refractivity contribution in [1.29, 1.82) is 0 Å². The lowest BCUT2D eigenvalue weighted by Crippen LogP contribution is -2.57. The molecule has 0 aromatic heterocycles. The first-order chi connectivity index (χ1) is 8.59. The lowest BCUT2D eigenvalue weighted by Gasteiger charge is -2.38. The van der Waals surface area contributed by atoms with E-state index < -0.39 is 30.7 Å². The third kappa shape index (κ3) is 2.88. The van der Waals surface area contributed by atoms with Crippen molar-refractivity contribution in [2.45, 2.75) is 44.2 Å². The fourth-order valence-electron chi connectivity index (χ4n) is 1.90. The molecule has 1 aromatic carbocycles. The van der Waals surface area contributed by atoms with E-state index in [9.17, 15) is 15.3 Å². The van der Waals surface area contributed by atoms with Gasteiger partial charge in [-0.05, 0) is 12.5 Å². The zero-order valence-corrected chi connectivity index (χ0v) is 10.1. The van der Waals surface area contributed by atoms with E-state index in [4.69, 9.17) is 9.47 Å². The fourth-order valence-corrected chi connectivity index (χ4v) is 1.90. The van der Waals surface area contributed by atoms with E-state index in [1.807, 2.05) is 30.3 Å². The van der Waals surface area contributed by atoms with Gasteiger partial charge in [-0.2, -0.15) is 0 Å². The van der Waals surface area contributed by atoms with Crippen LogP contribution in [0, 0.1) is 0 Å². The highest BCUT2D eigenvalue weighted by atomic mass is 16.7. The maximum atomic E-state index is 9.74. The Morgan fingerprint density at radius 1 is 1.06 bits per heavy atom. The third-order valence-corrected chi connectivity index (χ3v) is 3.07. The normalized spacial score (nSPS) is 36.6. The Kier molecular flexibility index (Phi) is 4.31. The van der Waals surface area contributed by atoms with Crippen molar-refractivity contribution >= 4 is 0 Å². The third-order valence-electron chi connectivity index (χ3n) is 3.07. The predicted octanol–water partition coefficient (Wildman–Crippen LogP) is 0.0307. The van der Waals surface area contributed by atoms with Gasteiger partial charge in [0.1, 0.15) is 18.3 Å². The summed E-state index contributed by atoms with van der Waals surface area (Å²) >= 11 is 0. The molecule has 5 atom stereocenters. The van der Waals surface area contributed by atoms with Crippen LogP contribution in [0.5, 0.6) is 0 Å². The van der Waals surface area contributed by atoms with Gasteiger partial charge in [-0.15, -0.1) is 0 Å². The number of ether oxygens (including phenoxy) is 2. The molecule has 0 unspecified atom stereocenters. The number of benzene rings is 1. The Hall–Kier alpha value is -0.980. The topological polar surface area (TPSA) is 79.2 Å². The van der Waals surface area contributed by atoms with Gasteiger partial charge in [0.25, 0.3) is 0 Å². The largest absolute Gasteiger partial charge is 0.388 e. The monoisotopic (exact) mass is 254 g/mol. The van der Waals surface area contributed by atoms with Gasteiger partial charge in [-0.25, -0.2) is 0 Å². The van der Waals surface area contributed by atoms with Crippen LogP contribution in [-0.2, 0) is 16.1 Å². The minimum absolute atomic E-state index is 0.276. The van der Waals surface area contributed by atoms with Gasteiger partial charge in [0.15, 0.2) is 6.29 Å². The van der Waals surface area contributed by atoms with Crippen molar-refractivity contribution in [2.75, 3.05) is 0 Å². The van der Waals surface area contributed by atoms with E-state index >= 15 is 0 Å². The highest BCUT2D eigenvalue weighted by Gasteiger charge is 2.42. The average Bonchev–Trinajstić information content (AvgIpc) is 2.40. The first kappa shape index (κ1) is 13.5. The Labute approximate surface area is 106 Å². The molecule has 0 aliphatic carbocycles. The molecule has 0 spiro atoms. The maximum Gasteiger partial charge on any atom is 0.186 e. The van der Waals surface area contributed by atoms with E-state index in [1.165, 1.54) is 0 Å². The van der Waals surface area contributed by atoms with Crippen LogP contribution in [-0.4, -0.2) is 46.0 Å². The van der Waals surface area contributed by atoms with Crippen molar-refractivity contribution in [1.82, 2.24) is 0 Å². The second-order valence-corrected chi connectivity index (χ2v) is 4.48. The number of aliphatic hydroxyl groups is 3. The smallest absolute Gasteiger partial charge is 0.186 e. The maximum absolute atomic E-state index is 9.74. The molecule has 1 aromatic rings. The van der Waals surface area contributed by atoms with Crippen molar-refractivity contribution < 1.29 is 24.8 Å². The Bertz CT molecular complexity index is 369. The summed E-state index contributed by atoms with van der Waals surface area (Å²) in [6.45, 7) is 1.90. The second-order valence-electron chi connectivity index (χ2n) is 4.48. The number of hydrogen-bond donors (Lipinski definition) is 3. The van der Waals surface area contributed by atoms with Crippen molar-refractivity contribution in [3.05, 3.63) is 35.9 Å². The standard InChI is InChI=1S/C13H18O5/c1-8-10(14)11(15)12(16)13(18-8)17-7-9-5-3-2-4-6-9/h2-6,8,10-16H,7H2,1H3/t8-,10+,11-,12+,13+/m0/s1. The molecule has 0 radical (unpaired) electrons. The van der Waals surface area contributed by atoms with E-state index in [0.29, 0.717) is 0 Å². The van der Waals surface area contributed by atoms with E-state index in [0.717, 1.165) is 5.56 Å². The van der Waals surface area contributed by atoms with Gasteiger partial charge in [-0.1, -0.05) is 30.3 Å². The summed E-state index contributed by atoms with van der Waals surface area (Å²) in [5.74, 6) is 0. The van der Waals surface area contributed by atoms with Gasteiger partial charge in [0.05, 0.1) is 12.7 Å².